The largest absolute Gasteiger partial charge is 0.439 e. The van der Waals surface area contributed by atoms with Crippen LogP contribution < -0.4 is 4.90 Å². The summed E-state index contributed by atoms with van der Waals surface area (Å²) in [5.74, 6) is 1.11. The molecule has 1 aromatic heterocycles. The molecule has 6 heteroatoms. The number of halogens is 1. The highest BCUT2D eigenvalue weighted by atomic mass is 19.1. The fourth-order valence-corrected chi connectivity index (χ4v) is 3.29. The minimum absolute atomic E-state index is 0.341. The van der Waals surface area contributed by atoms with E-state index in [1.807, 2.05) is 41.3 Å². The molecule has 1 fully saturated rings. The number of hydrogen-bond acceptors (Lipinski definition) is 5. The molecule has 1 aliphatic rings. The molecule has 2 heterocycles. The molecule has 3 aromatic rings. The van der Waals surface area contributed by atoms with Crippen LogP contribution in [0.15, 0.2) is 59.1 Å². The molecule has 0 unspecified atom stereocenters. The van der Waals surface area contributed by atoms with Gasteiger partial charge in [-0.25, -0.2) is 9.37 Å². The van der Waals surface area contributed by atoms with Gasteiger partial charge in [0.1, 0.15) is 5.82 Å². The number of rotatable bonds is 4. The Morgan fingerprint density at radius 2 is 1.85 bits per heavy atom. The van der Waals surface area contributed by atoms with Gasteiger partial charge in [0, 0.05) is 31.7 Å². The van der Waals surface area contributed by atoms with Crippen molar-refractivity contribution in [3.63, 3.8) is 0 Å². The molecule has 136 valence electrons. The highest BCUT2D eigenvalue weighted by Crippen LogP contribution is 2.23. The summed E-state index contributed by atoms with van der Waals surface area (Å²) in [5, 5.41) is 8.86. The summed E-state index contributed by atoms with van der Waals surface area (Å²) in [4.78, 5) is 8.65. The van der Waals surface area contributed by atoms with E-state index in [9.17, 15) is 4.39 Å². The second-order valence-electron chi connectivity index (χ2n) is 6.53. The molecule has 0 spiro atoms. The van der Waals surface area contributed by atoms with Crippen LogP contribution >= 0.6 is 0 Å². The predicted octanol–water partition coefficient (Wildman–Crippen LogP) is 3.67. The van der Waals surface area contributed by atoms with E-state index in [0.29, 0.717) is 23.7 Å². The minimum Gasteiger partial charge on any atom is -0.439 e. The van der Waals surface area contributed by atoms with Crippen LogP contribution in [0.5, 0.6) is 0 Å². The summed E-state index contributed by atoms with van der Waals surface area (Å²) in [6.45, 7) is 3.66. The molecular weight excluding hydrogens is 343 g/mol. The summed E-state index contributed by atoms with van der Waals surface area (Å²) in [7, 11) is 0. The zero-order valence-corrected chi connectivity index (χ0v) is 14.8. The predicted molar refractivity (Wildman–Crippen MR) is 101 cm³/mol. The minimum atomic E-state index is -0.345. The summed E-state index contributed by atoms with van der Waals surface area (Å²) >= 11 is 0. The lowest BCUT2D eigenvalue weighted by Crippen LogP contribution is -2.46. The van der Waals surface area contributed by atoms with Crippen LogP contribution in [0.2, 0.25) is 0 Å². The third kappa shape index (κ3) is 3.83. The van der Waals surface area contributed by atoms with Crippen molar-refractivity contribution in [2.24, 2.45) is 0 Å². The maximum atomic E-state index is 14.2. The number of nitrogens with zero attached hydrogens (tertiary/aromatic N) is 4. The van der Waals surface area contributed by atoms with Crippen molar-refractivity contribution >= 4 is 5.69 Å². The monoisotopic (exact) mass is 362 g/mol. The highest BCUT2D eigenvalue weighted by Gasteiger charge is 2.21. The highest BCUT2D eigenvalue weighted by molar-refractivity contribution is 5.55. The first-order valence-electron chi connectivity index (χ1n) is 8.90. The SMILES string of the molecule is N#Cc1ccc(N2CCN(Cc3ncc(-c4ccccc4)o3)CC2)c(F)c1. The van der Waals surface area contributed by atoms with Crippen LogP contribution in [0.3, 0.4) is 0 Å². The second-order valence-corrected chi connectivity index (χ2v) is 6.53. The molecular formula is C21H19FN4O. The number of nitriles is 1. The molecule has 0 bridgehead atoms. The van der Waals surface area contributed by atoms with E-state index < -0.39 is 0 Å². The maximum Gasteiger partial charge on any atom is 0.209 e. The Balaban J connectivity index is 1.36. The van der Waals surface area contributed by atoms with Crippen LogP contribution in [0, 0.1) is 17.1 Å². The molecule has 27 heavy (non-hydrogen) atoms. The number of anilines is 1. The van der Waals surface area contributed by atoms with Crippen LogP contribution in [0.4, 0.5) is 10.1 Å². The van der Waals surface area contributed by atoms with Gasteiger partial charge in [-0.15, -0.1) is 0 Å². The normalized spacial score (nSPS) is 14.9. The molecule has 1 saturated heterocycles. The third-order valence-electron chi connectivity index (χ3n) is 4.76. The number of hydrogen-bond donors (Lipinski definition) is 0. The molecule has 5 nitrogen and oxygen atoms in total. The number of oxazole rings is 1. The summed E-state index contributed by atoms with van der Waals surface area (Å²) in [6, 6.07) is 16.5. The Labute approximate surface area is 157 Å². The number of benzene rings is 2. The molecule has 4 rings (SSSR count). The van der Waals surface area contributed by atoms with Crippen molar-refractivity contribution in [1.29, 1.82) is 5.26 Å². The van der Waals surface area contributed by atoms with Gasteiger partial charge in [-0.1, -0.05) is 30.3 Å². The van der Waals surface area contributed by atoms with Crippen LogP contribution in [0.25, 0.3) is 11.3 Å². The van der Waals surface area contributed by atoms with Gasteiger partial charge in [0.2, 0.25) is 5.89 Å². The van der Waals surface area contributed by atoms with Gasteiger partial charge in [-0.05, 0) is 18.2 Å². The molecule has 0 radical (unpaired) electrons. The molecule has 2 aromatic carbocycles. The Morgan fingerprint density at radius 3 is 2.56 bits per heavy atom. The van der Waals surface area contributed by atoms with Crippen molar-refractivity contribution in [1.82, 2.24) is 9.88 Å². The lowest BCUT2D eigenvalue weighted by molar-refractivity contribution is 0.226. The van der Waals surface area contributed by atoms with Gasteiger partial charge in [0.25, 0.3) is 0 Å². The van der Waals surface area contributed by atoms with Crippen molar-refractivity contribution in [2.75, 3.05) is 31.1 Å². The molecule has 0 amide bonds. The average molecular weight is 362 g/mol. The number of piperazine rings is 1. The van der Waals surface area contributed by atoms with Gasteiger partial charge in [-0.3, -0.25) is 4.90 Å². The van der Waals surface area contributed by atoms with E-state index in [2.05, 4.69) is 9.88 Å². The van der Waals surface area contributed by atoms with E-state index in [1.165, 1.54) is 6.07 Å². The first-order valence-corrected chi connectivity index (χ1v) is 8.90. The molecule has 1 aliphatic heterocycles. The zero-order chi connectivity index (χ0) is 18.6. The van der Waals surface area contributed by atoms with Crippen LogP contribution in [0.1, 0.15) is 11.5 Å². The van der Waals surface area contributed by atoms with Crippen molar-refractivity contribution in [2.45, 2.75) is 6.54 Å². The van der Waals surface area contributed by atoms with E-state index in [-0.39, 0.29) is 5.82 Å². The Bertz CT molecular complexity index is 956. The summed E-state index contributed by atoms with van der Waals surface area (Å²) in [6.07, 6.45) is 1.76. The summed E-state index contributed by atoms with van der Waals surface area (Å²) < 4.78 is 20.1. The van der Waals surface area contributed by atoms with Gasteiger partial charge in [0.05, 0.1) is 30.1 Å². The van der Waals surface area contributed by atoms with Gasteiger partial charge in [0.15, 0.2) is 5.76 Å². The Kier molecular flexibility index (Phi) is 4.86. The van der Waals surface area contributed by atoms with Gasteiger partial charge in [-0.2, -0.15) is 5.26 Å². The van der Waals surface area contributed by atoms with Crippen molar-refractivity contribution < 1.29 is 8.81 Å². The van der Waals surface area contributed by atoms with Gasteiger partial charge >= 0.3 is 0 Å². The van der Waals surface area contributed by atoms with Crippen LogP contribution in [-0.4, -0.2) is 36.1 Å². The maximum absolute atomic E-state index is 14.2. The Hall–Kier alpha value is -3.17. The first kappa shape index (κ1) is 17.3. The Morgan fingerprint density at radius 1 is 1.07 bits per heavy atom. The van der Waals surface area contributed by atoms with E-state index in [0.717, 1.165) is 37.5 Å². The molecule has 0 saturated carbocycles. The van der Waals surface area contributed by atoms with Gasteiger partial charge < -0.3 is 9.32 Å². The van der Waals surface area contributed by atoms with Crippen LogP contribution in [-0.2, 0) is 6.54 Å². The molecule has 0 N–H and O–H groups in total. The summed E-state index contributed by atoms with van der Waals surface area (Å²) in [5.41, 5.74) is 1.90. The van der Waals surface area contributed by atoms with E-state index in [4.69, 9.17) is 9.68 Å². The second kappa shape index (κ2) is 7.60. The quantitative estimate of drug-likeness (QED) is 0.709. The lowest BCUT2D eigenvalue weighted by Gasteiger charge is -2.35. The topological polar surface area (TPSA) is 56.3 Å². The van der Waals surface area contributed by atoms with Crippen molar-refractivity contribution in [3.8, 4) is 17.4 Å². The lowest BCUT2D eigenvalue weighted by atomic mass is 10.2. The van der Waals surface area contributed by atoms with E-state index in [1.54, 1.807) is 18.3 Å². The van der Waals surface area contributed by atoms with E-state index >= 15 is 0 Å². The first-order chi connectivity index (χ1) is 13.2. The standard InChI is InChI=1S/C21H19FN4O/c22-18-12-16(13-23)6-7-19(18)26-10-8-25(9-11-26)15-21-24-14-20(27-21)17-4-2-1-3-5-17/h1-7,12,14H,8-11,15H2. The van der Waals surface area contributed by atoms with Crippen molar-refractivity contribution in [3.05, 3.63) is 72.0 Å². The third-order valence-corrected chi connectivity index (χ3v) is 4.76. The molecule has 0 atom stereocenters. The fourth-order valence-electron chi connectivity index (χ4n) is 3.29. The number of aromatic nitrogens is 1. The fraction of sp³-hybridized carbons (Fsp3) is 0.238. The molecule has 0 aliphatic carbocycles. The zero-order valence-electron chi connectivity index (χ0n) is 14.8. The average Bonchev–Trinajstić information content (AvgIpc) is 3.18. The smallest absolute Gasteiger partial charge is 0.209 e.